The van der Waals surface area contributed by atoms with E-state index in [2.05, 4.69) is 11.9 Å². The molecule has 0 radical (unpaired) electrons. The Labute approximate surface area is 135 Å². The van der Waals surface area contributed by atoms with Gasteiger partial charge in [0.1, 0.15) is 6.54 Å². The average molecular weight is 344 g/mol. The van der Waals surface area contributed by atoms with Gasteiger partial charge in [-0.15, -0.1) is 18.3 Å². The van der Waals surface area contributed by atoms with Gasteiger partial charge < -0.3 is 10.2 Å². The van der Waals surface area contributed by atoms with Gasteiger partial charge in [0.25, 0.3) is 5.91 Å². The number of thioether (sulfide) groups is 1. The highest BCUT2D eigenvalue weighted by atomic mass is 32.2. The number of amides is 2. The zero-order valence-corrected chi connectivity index (χ0v) is 13.1. The van der Waals surface area contributed by atoms with Crippen LogP contribution in [0.4, 0.5) is 18.9 Å². The van der Waals surface area contributed by atoms with Crippen molar-refractivity contribution in [2.75, 3.05) is 18.4 Å². The number of benzene rings is 1. The first-order chi connectivity index (χ1) is 10.7. The Hall–Kier alpha value is -1.96. The monoisotopic (exact) mass is 344 g/mol. The van der Waals surface area contributed by atoms with Gasteiger partial charge in [0, 0.05) is 17.0 Å². The van der Waals surface area contributed by atoms with Crippen molar-refractivity contribution in [2.24, 2.45) is 0 Å². The number of rotatable bonds is 4. The van der Waals surface area contributed by atoms with E-state index in [4.69, 9.17) is 0 Å². The lowest BCUT2D eigenvalue weighted by Gasteiger charge is -2.25. The molecule has 1 N–H and O–H groups in total. The number of alkyl halides is 3. The summed E-state index contributed by atoms with van der Waals surface area (Å²) in [5, 5.41) is 2.39. The molecule has 2 rings (SSSR count). The fourth-order valence-corrected chi connectivity index (χ4v) is 3.05. The number of anilines is 1. The molecule has 4 nitrogen and oxygen atoms in total. The van der Waals surface area contributed by atoms with E-state index in [0.717, 1.165) is 4.90 Å². The lowest BCUT2D eigenvalue weighted by atomic mass is 10.1. The quantitative estimate of drug-likeness (QED) is 0.853. The Morgan fingerprint density at radius 2 is 2.17 bits per heavy atom. The maximum atomic E-state index is 12.6. The van der Waals surface area contributed by atoms with E-state index in [-0.39, 0.29) is 23.3 Å². The minimum Gasteiger partial charge on any atom is -0.326 e. The van der Waals surface area contributed by atoms with Crippen LogP contribution in [-0.4, -0.2) is 41.2 Å². The molecule has 1 aromatic carbocycles. The second-order valence-electron chi connectivity index (χ2n) is 5.05. The molecular weight excluding hydrogens is 329 g/mol. The number of halogens is 3. The molecule has 8 heteroatoms. The van der Waals surface area contributed by atoms with Gasteiger partial charge in [-0.2, -0.15) is 13.2 Å². The van der Waals surface area contributed by atoms with Crippen LogP contribution in [0.5, 0.6) is 0 Å². The fourth-order valence-electron chi connectivity index (χ4n) is 2.12. The molecule has 0 fully saturated rings. The predicted octanol–water partition coefficient (Wildman–Crippen LogP) is 3.31. The van der Waals surface area contributed by atoms with Crippen LogP contribution in [0, 0.1) is 0 Å². The number of fused-ring (bicyclic) bond motifs is 1. The third-order valence-electron chi connectivity index (χ3n) is 3.16. The molecule has 124 valence electrons. The number of nitrogens with zero attached hydrogens (tertiary/aromatic N) is 1. The first kappa shape index (κ1) is 17.4. The molecular formula is C15H15F3N2O2S. The summed E-state index contributed by atoms with van der Waals surface area (Å²) < 4.78 is 37.8. The van der Waals surface area contributed by atoms with E-state index >= 15 is 0 Å². The van der Waals surface area contributed by atoms with Crippen molar-refractivity contribution in [3.05, 3.63) is 36.4 Å². The van der Waals surface area contributed by atoms with Gasteiger partial charge in [-0.05, 0) is 25.1 Å². The number of carbonyl (C=O) groups is 2. The average Bonchev–Trinajstić information content (AvgIpc) is 2.45. The highest BCUT2D eigenvalue weighted by Gasteiger charge is 2.33. The van der Waals surface area contributed by atoms with Crippen molar-refractivity contribution in [1.82, 2.24) is 4.90 Å². The number of nitrogens with one attached hydrogen (secondary N) is 1. The van der Waals surface area contributed by atoms with Crippen molar-refractivity contribution < 1.29 is 22.8 Å². The van der Waals surface area contributed by atoms with Gasteiger partial charge in [0.05, 0.1) is 10.9 Å². The summed E-state index contributed by atoms with van der Waals surface area (Å²) in [7, 11) is 0. The van der Waals surface area contributed by atoms with Crippen molar-refractivity contribution in [3.63, 3.8) is 0 Å². The number of carbonyl (C=O) groups excluding carboxylic acids is 2. The van der Waals surface area contributed by atoms with Crippen LogP contribution in [-0.2, 0) is 4.79 Å². The molecule has 1 aromatic rings. The summed E-state index contributed by atoms with van der Waals surface area (Å²) in [4.78, 5) is 25.4. The summed E-state index contributed by atoms with van der Waals surface area (Å²) in [5.41, 5.74) is 0.528. The van der Waals surface area contributed by atoms with Gasteiger partial charge in [0.15, 0.2) is 0 Å². The topological polar surface area (TPSA) is 49.4 Å². The highest BCUT2D eigenvalue weighted by Crippen LogP contribution is 2.36. The van der Waals surface area contributed by atoms with Crippen molar-refractivity contribution in [3.8, 4) is 0 Å². The summed E-state index contributed by atoms with van der Waals surface area (Å²) in [6.45, 7) is 3.55. The molecule has 0 saturated carbocycles. The molecule has 0 unspecified atom stereocenters. The maximum Gasteiger partial charge on any atom is 0.406 e. The predicted molar refractivity (Wildman–Crippen MR) is 82.5 cm³/mol. The lowest BCUT2D eigenvalue weighted by molar-refractivity contribution is -0.139. The van der Waals surface area contributed by atoms with Crippen LogP contribution >= 0.6 is 11.8 Å². The standard InChI is InChI=1S/C15H15F3N2O2S/c1-3-6-20(8-15(16,17)18)14(22)10-4-5-12-11(7-10)19-13(21)9(2)23-12/h3-5,7,9H,1,6,8H2,2H3,(H,19,21)/t9-/m1/s1. The van der Waals surface area contributed by atoms with E-state index in [1.54, 1.807) is 13.0 Å². The zero-order valence-electron chi connectivity index (χ0n) is 12.3. The Kier molecular flexibility index (Phi) is 5.03. The fraction of sp³-hybridized carbons (Fsp3) is 0.333. The second-order valence-corrected chi connectivity index (χ2v) is 6.43. The summed E-state index contributed by atoms with van der Waals surface area (Å²) >= 11 is 1.34. The molecule has 2 amide bonds. The van der Waals surface area contributed by atoms with E-state index in [1.807, 2.05) is 0 Å². The molecule has 1 aliphatic heterocycles. The minimum absolute atomic E-state index is 0.0882. The Bertz CT molecular complexity index is 646. The van der Waals surface area contributed by atoms with Crippen molar-refractivity contribution >= 4 is 29.3 Å². The smallest absolute Gasteiger partial charge is 0.326 e. The Morgan fingerprint density at radius 3 is 2.78 bits per heavy atom. The second kappa shape index (κ2) is 6.66. The molecule has 1 aliphatic rings. The SMILES string of the molecule is C=CCN(CC(F)(F)F)C(=O)c1ccc2c(c1)NC(=O)[C@@H](C)S2. The van der Waals surface area contributed by atoms with Crippen LogP contribution in [0.2, 0.25) is 0 Å². The number of hydrogen-bond acceptors (Lipinski definition) is 3. The normalized spacial score (nSPS) is 17.2. The molecule has 0 aromatic heterocycles. The van der Waals surface area contributed by atoms with Crippen molar-refractivity contribution in [2.45, 2.75) is 23.2 Å². The van der Waals surface area contributed by atoms with Gasteiger partial charge in [-0.1, -0.05) is 6.08 Å². The molecule has 0 spiro atoms. The third-order valence-corrected chi connectivity index (χ3v) is 4.34. The van der Waals surface area contributed by atoms with Crippen LogP contribution in [0.1, 0.15) is 17.3 Å². The molecule has 1 atom stereocenters. The van der Waals surface area contributed by atoms with Gasteiger partial charge in [-0.25, -0.2) is 0 Å². The van der Waals surface area contributed by atoms with Crippen LogP contribution in [0.15, 0.2) is 35.7 Å². The van der Waals surface area contributed by atoms with E-state index in [0.29, 0.717) is 10.6 Å². The lowest BCUT2D eigenvalue weighted by Crippen LogP contribution is -2.39. The van der Waals surface area contributed by atoms with E-state index < -0.39 is 18.6 Å². The summed E-state index contributed by atoms with van der Waals surface area (Å²) in [6, 6.07) is 4.49. The van der Waals surface area contributed by atoms with E-state index in [9.17, 15) is 22.8 Å². The first-order valence-corrected chi connectivity index (χ1v) is 7.67. The van der Waals surface area contributed by atoms with E-state index in [1.165, 1.54) is 30.0 Å². The van der Waals surface area contributed by atoms with Gasteiger partial charge in [0.2, 0.25) is 5.91 Å². The molecule has 0 aliphatic carbocycles. The summed E-state index contributed by atoms with van der Waals surface area (Å²) in [6.07, 6.45) is -3.26. The van der Waals surface area contributed by atoms with Crippen LogP contribution < -0.4 is 5.32 Å². The molecule has 1 heterocycles. The van der Waals surface area contributed by atoms with Gasteiger partial charge >= 0.3 is 6.18 Å². The maximum absolute atomic E-state index is 12.6. The summed E-state index contributed by atoms with van der Waals surface area (Å²) in [5.74, 6) is -0.965. The molecule has 23 heavy (non-hydrogen) atoms. The Balaban J connectivity index is 2.26. The minimum atomic E-state index is -4.49. The highest BCUT2D eigenvalue weighted by molar-refractivity contribution is 8.00. The molecule has 0 bridgehead atoms. The molecule has 0 saturated heterocycles. The van der Waals surface area contributed by atoms with Gasteiger partial charge in [-0.3, -0.25) is 9.59 Å². The van der Waals surface area contributed by atoms with Crippen LogP contribution in [0.25, 0.3) is 0 Å². The van der Waals surface area contributed by atoms with Crippen LogP contribution in [0.3, 0.4) is 0 Å². The number of hydrogen-bond donors (Lipinski definition) is 1. The third kappa shape index (κ3) is 4.28. The largest absolute Gasteiger partial charge is 0.406 e. The van der Waals surface area contributed by atoms with Crippen molar-refractivity contribution in [1.29, 1.82) is 0 Å². The first-order valence-electron chi connectivity index (χ1n) is 6.80. The zero-order chi connectivity index (χ0) is 17.2. The Morgan fingerprint density at radius 1 is 1.48 bits per heavy atom.